The van der Waals surface area contributed by atoms with Crippen LogP contribution in [0.3, 0.4) is 0 Å². The average Bonchev–Trinajstić information content (AvgIpc) is 3.28. The summed E-state index contributed by atoms with van der Waals surface area (Å²) in [4.78, 5) is 4.05. The molecule has 4 atom stereocenters. The van der Waals surface area contributed by atoms with E-state index in [-0.39, 0.29) is 24.7 Å². The molecule has 7 nitrogen and oxygen atoms in total. The average molecular weight is 382 g/mol. The lowest BCUT2D eigenvalue weighted by Crippen LogP contribution is -2.44. The van der Waals surface area contributed by atoms with Gasteiger partial charge in [-0.05, 0) is 24.1 Å². The third-order valence-corrected chi connectivity index (χ3v) is 5.71. The van der Waals surface area contributed by atoms with E-state index in [9.17, 15) is 5.11 Å². The zero-order chi connectivity index (χ0) is 19.7. The number of ether oxygens (including phenoxy) is 2. The Morgan fingerprint density at radius 2 is 2.04 bits per heavy atom. The maximum absolute atomic E-state index is 10.5. The van der Waals surface area contributed by atoms with Gasteiger partial charge in [0.25, 0.3) is 0 Å². The highest BCUT2D eigenvalue weighted by Crippen LogP contribution is 2.46. The zero-order valence-electron chi connectivity index (χ0n) is 16.2. The van der Waals surface area contributed by atoms with Gasteiger partial charge in [-0.1, -0.05) is 44.2 Å². The van der Waals surface area contributed by atoms with E-state index in [1.165, 1.54) is 6.33 Å². The zero-order valence-corrected chi connectivity index (χ0v) is 16.2. The molecule has 0 aliphatic carbocycles. The highest BCUT2D eigenvalue weighted by atomic mass is 16.6. The summed E-state index contributed by atoms with van der Waals surface area (Å²) in [5.74, 6) is 0.486. The molecule has 28 heavy (non-hydrogen) atoms. The summed E-state index contributed by atoms with van der Waals surface area (Å²) in [5, 5.41) is 14.9. The Morgan fingerprint density at radius 1 is 1.25 bits per heavy atom. The van der Waals surface area contributed by atoms with Crippen molar-refractivity contribution in [2.75, 3.05) is 12.3 Å². The fourth-order valence-electron chi connectivity index (χ4n) is 4.25. The number of aromatic nitrogens is 3. The molecule has 1 fully saturated rings. The second-order valence-corrected chi connectivity index (χ2v) is 7.35. The minimum atomic E-state index is -1.03. The predicted molar refractivity (Wildman–Crippen MR) is 106 cm³/mol. The quantitative estimate of drug-likeness (QED) is 0.680. The van der Waals surface area contributed by atoms with Crippen molar-refractivity contribution in [3.8, 4) is 0 Å². The highest BCUT2D eigenvalue weighted by Gasteiger charge is 2.55. The number of hydrogen-bond donors (Lipinski definition) is 2. The normalized spacial score (nSPS) is 27.5. The van der Waals surface area contributed by atoms with Crippen molar-refractivity contribution in [2.24, 2.45) is 5.92 Å². The molecular weight excluding hydrogens is 356 g/mol. The number of benzene rings is 1. The lowest BCUT2D eigenvalue weighted by atomic mass is 9.86. The Balaban J connectivity index is 1.75. The van der Waals surface area contributed by atoms with Crippen molar-refractivity contribution in [1.82, 2.24) is 14.6 Å². The minimum Gasteiger partial charge on any atom is -0.393 e. The number of hydrogen-bond acceptors (Lipinski definition) is 6. The Kier molecular flexibility index (Phi) is 5.05. The van der Waals surface area contributed by atoms with Crippen LogP contribution in [0.25, 0.3) is 5.52 Å². The first-order valence-corrected chi connectivity index (χ1v) is 9.63. The van der Waals surface area contributed by atoms with E-state index in [1.54, 1.807) is 4.52 Å². The van der Waals surface area contributed by atoms with Crippen LogP contribution in [0, 0.1) is 5.92 Å². The first-order chi connectivity index (χ1) is 13.6. The molecule has 1 aromatic carbocycles. The number of nitrogen functional groups attached to an aromatic ring is 1. The van der Waals surface area contributed by atoms with Crippen molar-refractivity contribution in [1.29, 1.82) is 0 Å². The standard InChI is InChI=1S/C21H26N4O3/c1-3-17-14(2)19(27-11-15-7-5-4-6-8-15)21(12-26,28-17)18-10-9-16-20(22)23-13-24-25(16)18/h4-10,13-14,17,19,26H,3,11-12H2,1-2H3,(H2,22,23,24)/t14-,17-,19-,21+/m1/s1. The summed E-state index contributed by atoms with van der Waals surface area (Å²) in [6.07, 6.45) is 1.87. The maximum atomic E-state index is 10.5. The number of rotatable bonds is 6. The van der Waals surface area contributed by atoms with Crippen LogP contribution >= 0.6 is 0 Å². The molecule has 3 aromatic rings. The van der Waals surface area contributed by atoms with Crippen molar-refractivity contribution in [3.05, 3.63) is 60.0 Å². The van der Waals surface area contributed by atoms with Crippen molar-refractivity contribution in [2.45, 2.75) is 44.7 Å². The van der Waals surface area contributed by atoms with E-state index in [1.807, 2.05) is 42.5 Å². The van der Waals surface area contributed by atoms with Gasteiger partial charge in [-0.2, -0.15) is 5.10 Å². The Bertz CT molecular complexity index is 945. The van der Waals surface area contributed by atoms with Crippen LogP contribution in [-0.4, -0.2) is 38.5 Å². The van der Waals surface area contributed by atoms with Gasteiger partial charge in [0.05, 0.1) is 31.1 Å². The molecule has 0 amide bonds. The van der Waals surface area contributed by atoms with Gasteiger partial charge in [0.2, 0.25) is 0 Å². The highest BCUT2D eigenvalue weighted by molar-refractivity contribution is 5.65. The van der Waals surface area contributed by atoms with Gasteiger partial charge in [-0.3, -0.25) is 0 Å². The molecule has 0 radical (unpaired) electrons. The van der Waals surface area contributed by atoms with Crippen molar-refractivity contribution >= 4 is 11.3 Å². The predicted octanol–water partition coefficient (Wildman–Crippen LogP) is 2.53. The summed E-state index contributed by atoms with van der Waals surface area (Å²) in [7, 11) is 0. The number of anilines is 1. The number of aliphatic hydroxyl groups excluding tert-OH is 1. The topological polar surface area (TPSA) is 94.9 Å². The van der Waals surface area contributed by atoms with Crippen LogP contribution in [0.15, 0.2) is 48.8 Å². The lowest BCUT2D eigenvalue weighted by molar-refractivity contribution is -0.141. The van der Waals surface area contributed by atoms with Gasteiger partial charge < -0.3 is 20.3 Å². The molecule has 0 spiro atoms. The first-order valence-electron chi connectivity index (χ1n) is 9.63. The Hall–Kier alpha value is -2.48. The number of aliphatic hydroxyl groups is 1. The van der Waals surface area contributed by atoms with Gasteiger partial charge in [-0.15, -0.1) is 0 Å². The third kappa shape index (κ3) is 2.96. The molecule has 3 heterocycles. The lowest BCUT2D eigenvalue weighted by Gasteiger charge is -2.33. The molecule has 1 saturated heterocycles. The SMILES string of the molecule is CC[C@H]1O[C@@](CO)(c2ccc3c(N)ncnn23)[C@H](OCc2ccccc2)[C@@H]1C. The molecule has 2 aromatic heterocycles. The smallest absolute Gasteiger partial charge is 0.159 e. The number of nitrogens with zero attached hydrogens (tertiary/aromatic N) is 3. The van der Waals surface area contributed by atoms with Gasteiger partial charge >= 0.3 is 0 Å². The van der Waals surface area contributed by atoms with E-state index >= 15 is 0 Å². The van der Waals surface area contributed by atoms with Crippen LogP contribution in [0.1, 0.15) is 31.5 Å². The second-order valence-electron chi connectivity index (χ2n) is 7.35. The molecule has 4 rings (SSSR count). The molecule has 0 bridgehead atoms. The minimum absolute atomic E-state index is 0.0299. The summed E-state index contributed by atoms with van der Waals surface area (Å²) < 4.78 is 14.5. The Morgan fingerprint density at radius 3 is 2.75 bits per heavy atom. The van der Waals surface area contributed by atoms with Crippen molar-refractivity contribution < 1.29 is 14.6 Å². The van der Waals surface area contributed by atoms with E-state index < -0.39 is 5.60 Å². The van der Waals surface area contributed by atoms with Crippen LogP contribution in [0.5, 0.6) is 0 Å². The van der Waals surface area contributed by atoms with Crippen LogP contribution in [0.4, 0.5) is 5.82 Å². The van der Waals surface area contributed by atoms with Crippen molar-refractivity contribution in [3.63, 3.8) is 0 Å². The molecule has 0 saturated carbocycles. The molecule has 0 unspecified atom stereocenters. The van der Waals surface area contributed by atoms with Crippen LogP contribution in [0.2, 0.25) is 0 Å². The molecule has 3 N–H and O–H groups in total. The fourth-order valence-corrected chi connectivity index (χ4v) is 4.25. The monoisotopic (exact) mass is 382 g/mol. The molecule has 1 aliphatic heterocycles. The molecule has 148 valence electrons. The third-order valence-electron chi connectivity index (χ3n) is 5.71. The van der Waals surface area contributed by atoms with Crippen LogP contribution in [-0.2, 0) is 21.7 Å². The Labute approximate surface area is 164 Å². The van der Waals surface area contributed by atoms with Gasteiger partial charge in [-0.25, -0.2) is 9.50 Å². The molecule has 1 aliphatic rings. The van der Waals surface area contributed by atoms with Gasteiger partial charge in [0.15, 0.2) is 11.4 Å². The second kappa shape index (κ2) is 7.50. The largest absolute Gasteiger partial charge is 0.393 e. The maximum Gasteiger partial charge on any atom is 0.159 e. The summed E-state index contributed by atoms with van der Waals surface area (Å²) in [5.41, 5.74) is 7.45. The summed E-state index contributed by atoms with van der Waals surface area (Å²) in [6, 6.07) is 13.7. The van der Waals surface area contributed by atoms with E-state index in [2.05, 4.69) is 23.9 Å². The van der Waals surface area contributed by atoms with Crippen LogP contribution < -0.4 is 5.73 Å². The number of fused-ring (bicyclic) bond motifs is 1. The summed E-state index contributed by atoms with van der Waals surface area (Å²) in [6.45, 7) is 4.42. The van der Waals surface area contributed by atoms with E-state index in [0.29, 0.717) is 17.9 Å². The first kappa shape index (κ1) is 18.9. The van der Waals surface area contributed by atoms with Gasteiger partial charge in [0, 0.05) is 5.92 Å². The summed E-state index contributed by atoms with van der Waals surface area (Å²) >= 11 is 0. The van der Waals surface area contributed by atoms with E-state index in [4.69, 9.17) is 15.2 Å². The van der Waals surface area contributed by atoms with E-state index in [0.717, 1.165) is 17.7 Å². The fraction of sp³-hybridized carbons (Fsp3) is 0.429. The molecule has 7 heteroatoms. The van der Waals surface area contributed by atoms with Gasteiger partial charge in [0.1, 0.15) is 11.8 Å². The molecular formula is C21H26N4O3. The number of nitrogens with two attached hydrogens (primary N) is 1.